The number of carbonyl (C=O) groups is 2. The van der Waals surface area contributed by atoms with Gasteiger partial charge in [0.1, 0.15) is 0 Å². The third-order valence-corrected chi connectivity index (χ3v) is 3.31. The van der Waals surface area contributed by atoms with Crippen LogP contribution in [0.25, 0.3) is 0 Å². The van der Waals surface area contributed by atoms with Crippen molar-refractivity contribution in [3.05, 3.63) is 0 Å². The molecule has 0 aliphatic rings. The lowest BCUT2D eigenvalue weighted by Crippen LogP contribution is -2.11. The molecule has 0 aromatic heterocycles. The molecular formula is C17H32O4. The van der Waals surface area contributed by atoms with Crippen LogP contribution in [0.1, 0.15) is 84.5 Å². The maximum atomic E-state index is 11.4. The molecule has 21 heavy (non-hydrogen) atoms. The molecule has 0 aliphatic heterocycles. The SMILES string of the molecule is CCCCCCCOC(=O)CCC(=O)OCCCCCC. The van der Waals surface area contributed by atoms with Gasteiger partial charge in [0.15, 0.2) is 0 Å². The van der Waals surface area contributed by atoms with Crippen molar-refractivity contribution in [2.24, 2.45) is 0 Å². The largest absolute Gasteiger partial charge is 0.466 e. The van der Waals surface area contributed by atoms with Crippen LogP contribution >= 0.6 is 0 Å². The van der Waals surface area contributed by atoms with Gasteiger partial charge in [0.25, 0.3) is 0 Å². The smallest absolute Gasteiger partial charge is 0.306 e. The molecule has 0 N–H and O–H groups in total. The molecular weight excluding hydrogens is 268 g/mol. The minimum atomic E-state index is -0.300. The molecule has 0 heterocycles. The number of esters is 2. The van der Waals surface area contributed by atoms with Crippen molar-refractivity contribution in [3.8, 4) is 0 Å². The van der Waals surface area contributed by atoms with Gasteiger partial charge in [-0.3, -0.25) is 9.59 Å². The molecule has 0 bridgehead atoms. The Morgan fingerprint density at radius 1 is 0.619 bits per heavy atom. The minimum Gasteiger partial charge on any atom is -0.466 e. The Labute approximate surface area is 129 Å². The number of carbonyl (C=O) groups excluding carboxylic acids is 2. The van der Waals surface area contributed by atoms with Crippen LogP contribution in [0, 0.1) is 0 Å². The molecule has 0 atom stereocenters. The van der Waals surface area contributed by atoms with E-state index in [1.54, 1.807) is 0 Å². The van der Waals surface area contributed by atoms with E-state index < -0.39 is 0 Å². The van der Waals surface area contributed by atoms with Crippen molar-refractivity contribution in [3.63, 3.8) is 0 Å². The zero-order valence-corrected chi connectivity index (χ0v) is 13.8. The summed E-state index contributed by atoms with van der Waals surface area (Å²) in [7, 11) is 0. The van der Waals surface area contributed by atoms with Crippen LogP contribution < -0.4 is 0 Å². The van der Waals surface area contributed by atoms with E-state index in [0.717, 1.165) is 32.1 Å². The summed E-state index contributed by atoms with van der Waals surface area (Å²) in [6.45, 7) is 5.24. The summed E-state index contributed by atoms with van der Waals surface area (Å²) >= 11 is 0. The average molecular weight is 300 g/mol. The fourth-order valence-corrected chi connectivity index (χ4v) is 1.95. The first-order chi connectivity index (χ1) is 10.2. The van der Waals surface area contributed by atoms with Gasteiger partial charge in [0.2, 0.25) is 0 Å². The highest BCUT2D eigenvalue weighted by Crippen LogP contribution is 2.04. The maximum absolute atomic E-state index is 11.4. The van der Waals surface area contributed by atoms with Gasteiger partial charge in [0.05, 0.1) is 26.1 Å². The van der Waals surface area contributed by atoms with Crippen LogP contribution in [0.5, 0.6) is 0 Å². The Balaban J connectivity index is 3.36. The fraction of sp³-hybridized carbons (Fsp3) is 0.882. The topological polar surface area (TPSA) is 52.6 Å². The summed E-state index contributed by atoms with van der Waals surface area (Å²) < 4.78 is 10.1. The second-order valence-corrected chi connectivity index (χ2v) is 5.42. The molecule has 0 saturated heterocycles. The molecule has 0 saturated carbocycles. The van der Waals surface area contributed by atoms with E-state index in [-0.39, 0.29) is 24.8 Å². The molecule has 0 amide bonds. The van der Waals surface area contributed by atoms with Gasteiger partial charge in [-0.2, -0.15) is 0 Å². The molecule has 4 nitrogen and oxygen atoms in total. The van der Waals surface area contributed by atoms with Gasteiger partial charge in [-0.15, -0.1) is 0 Å². The molecule has 124 valence electrons. The van der Waals surface area contributed by atoms with Crippen molar-refractivity contribution in [2.75, 3.05) is 13.2 Å². The van der Waals surface area contributed by atoms with Crippen LogP contribution in [0.15, 0.2) is 0 Å². The van der Waals surface area contributed by atoms with Crippen molar-refractivity contribution in [1.82, 2.24) is 0 Å². The van der Waals surface area contributed by atoms with E-state index in [2.05, 4.69) is 13.8 Å². The second-order valence-electron chi connectivity index (χ2n) is 5.42. The quantitative estimate of drug-likeness (QED) is 0.352. The summed E-state index contributed by atoms with van der Waals surface area (Å²) in [6.07, 6.45) is 10.2. The van der Waals surface area contributed by atoms with Crippen molar-refractivity contribution < 1.29 is 19.1 Å². The third kappa shape index (κ3) is 15.2. The van der Waals surface area contributed by atoms with Crippen LogP contribution in [0.4, 0.5) is 0 Å². The lowest BCUT2D eigenvalue weighted by molar-refractivity contribution is -0.150. The third-order valence-electron chi connectivity index (χ3n) is 3.31. The normalized spacial score (nSPS) is 10.4. The Morgan fingerprint density at radius 3 is 1.43 bits per heavy atom. The monoisotopic (exact) mass is 300 g/mol. The van der Waals surface area contributed by atoms with E-state index >= 15 is 0 Å². The minimum absolute atomic E-state index is 0.127. The van der Waals surface area contributed by atoms with Crippen molar-refractivity contribution in [2.45, 2.75) is 84.5 Å². The lowest BCUT2D eigenvalue weighted by atomic mass is 10.2. The van der Waals surface area contributed by atoms with Gasteiger partial charge < -0.3 is 9.47 Å². The van der Waals surface area contributed by atoms with Gasteiger partial charge in [0, 0.05) is 0 Å². The molecule has 0 unspecified atom stereocenters. The molecule has 0 aromatic rings. The summed E-state index contributed by atoms with van der Waals surface area (Å²) in [4.78, 5) is 22.8. The average Bonchev–Trinajstić information content (AvgIpc) is 2.48. The lowest BCUT2D eigenvalue weighted by Gasteiger charge is -2.06. The van der Waals surface area contributed by atoms with E-state index in [1.807, 2.05) is 0 Å². The zero-order chi connectivity index (χ0) is 15.8. The highest BCUT2D eigenvalue weighted by molar-refractivity contribution is 5.77. The zero-order valence-electron chi connectivity index (χ0n) is 13.8. The van der Waals surface area contributed by atoms with Gasteiger partial charge in [-0.1, -0.05) is 58.8 Å². The van der Waals surface area contributed by atoms with Crippen LogP contribution in [0.3, 0.4) is 0 Å². The summed E-state index contributed by atoms with van der Waals surface area (Å²) in [5.74, 6) is -0.597. The number of rotatable bonds is 14. The molecule has 4 heteroatoms. The van der Waals surface area contributed by atoms with Crippen LogP contribution in [-0.2, 0) is 19.1 Å². The van der Waals surface area contributed by atoms with E-state index in [0.29, 0.717) is 13.2 Å². The van der Waals surface area contributed by atoms with E-state index in [4.69, 9.17) is 9.47 Å². The van der Waals surface area contributed by atoms with Gasteiger partial charge in [-0.05, 0) is 12.8 Å². The van der Waals surface area contributed by atoms with Gasteiger partial charge >= 0.3 is 11.9 Å². The fourth-order valence-electron chi connectivity index (χ4n) is 1.95. The molecule has 0 spiro atoms. The van der Waals surface area contributed by atoms with Crippen LogP contribution in [0.2, 0.25) is 0 Å². The maximum Gasteiger partial charge on any atom is 0.306 e. The Morgan fingerprint density at radius 2 is 1.00 bits per heavy atom. The highest BCUT2D eigenvalue weighted by atomic mass is 16.5. The van der Waals surface area contributed by atoms with Crippen molar-refractivity contribution >= 4 is 11.9 Å². The Hall–Kier alpha value is -1.06. The molecule has 0 aromatic carbocycles. The predicted octanol–water partition coefficient (Wildman–Crippen LogP) is 4.40. The first-order valence-corrected chi connectivity index (χ1v) is 8.52. The first kappa shape index (κ1) is 19.9. The van der Waals surface area contributed by atoms with Gasteiger partial charge in [-0.25, -0.2) is 0 Å². The molecule has 0 aliphatic carbocycles. The van der Waals surface area contributed by atoms with E-state index in [9.17, 15) is 9.59 Å². The van der Waals surface area contributed by atoms with E-state index in [1.165, 1.54) is 25.7 Å². The summed E-state index contributed by atoms with van der Waals surface area (Å²) in [5.41, 5.74) is 0. The second kappa shape index (κ2) is 15.3. The Bertz CT molecular complexity index is 264. The molecule has 0 rings (SSSR count). The number of hydrogen-bond acceptors (Lipinski definition) is 4. The predicted molar refractivity (Wildman–Crippen MR) is 84.1 cm³/mol. The number of unbranched alkanes of at least 4 members (excludes halogenated alkanes) is 7. The highest BCUT2D eigenvalue weighted by Gasteiger charge is 2.08. The molecule has 0 radical (unpaired) electrons. The first-order valence-electron chi connectivity index (χ1n) is 8.52. The molecule has 0 fully saturated rings. The standard InChI is InChI=1S/C17H32O4/c1-3-5-7-9-11-15-21-17(19)13-12-16(18)20-14-10-8-6-4-2/h3-15H2,1-2H3. The summed E-state index contributed by atoms with van der Waals surface area (Å²) in [6, 6.07) is 0. The van der Waals surface area contributed by atoms with Crippen molar-refractivity contribution in [1.29, 1.82) is 0 Å². The van der Waals surface area contributed by atoms with Crippen LogP contribution in [-0.4, -0.2) is 25.2 Å². The Kier molecular flexibility index (Phi) is 14.6. The number of hydrogen-bond donors (Lipinski definition) is 0. The number of ether oxygens (including phenoxy) is 2. The summed E-state index contributed by atoms with van der Waals surface area (Å²) in [5, 5.41) is 0.